The topological polar surface area (TPSA) is 84.7 Å². The van der Waals surface area contributed by atoms with Gasteiger partial charge in [0.05, 0.1) is 18.4 Å². The highest BCUT2D eigenvalue weighted by molar-refractivity contribution is 6.01. The summed E-state index contributed by atoms with van der Waals surface area (Å²) >= 11 is 0. The Kier molecular flexibility index (Phi) is 4.97. The smallest absolute Gasteiger partial charge is 0.339 e. The largest absolute Gasteiger partial charge is 0.465 e. The molecule has 0 aliphatic carbocycles. The minimum absolute atomic E-state index is 0.0893. The Balaban J connectivity index is 1.40. The predicted molar refractivity (Wildman–Crippen MR) is 105 cm³/mol. The summed E-state index contributed by atoms with van der Waals surface area (Å²) in [5, 5.41) is 2.87. The molecule has 1 aromatic heterocycles. The average molecular weight is 379 g/mol. The molecule has 0 atom stereocenters. The molecule has 0 radical (unpaired) electrons. The average Bonchev–Trinajstić information content (AvgIpc) is 3.18. The van der Waals surface area contributed by atoms with Gasteiger partial charge in [-0.05, 0) is 37.1 Å². The first-order valence-electron chi connectivity index (χ1n) is 9.24. The van der Waals surface area contributed by atoms with E-state index in [1.165, 1.54) is 7.11 Å². The lowest BCUT2D eigenvalue weighted by Crippen LogP contribution is -2.38. The van der Waals surface area contributed by atoms with Gasteiger partial charge in [0.15, 0.2) is 5.58 Å². The first-order valence-corrected chi connectivity index (χ1v) is 9.24. The summed E-state index contributed by atoms with van der Waals surface area (Å²) in [7, 11) is 1.32. The van der Waals surface area contributed by atoms with Gasteiger partial charge in [-0.3, -0.25) is 4.79 Å². The molecule has 0 unspecified atom stereocenters. The van der Waals surface area contributed by atoms with Crippen LogP contribution in [0.5, 0.6) is 0 Å². The number of amides is 1. The number of ether oxygens (including phenoxy) is 1. The molecule has 2 heterocycles. The minimum atomic E-state index is -0.471. The molecule has 0 spiro atoms. The highest BCUT2D eigenvalue weighted by Crippen LogP contribution is 2.27. The van der Waals surface area contributed by atoms with Crippen LogP contribution < -0.4 is 10.2 Å². The molecule has 1 fully saturated rings. The van der Waals surface area contributed by atoms with E-state index in [4.69, 9.17) is 9.15 Å². The summed E-state index contributed by atoms with van der Waals surface area (Å²) in [6, 6.07) is 15.1. The third-order valence-electron chi connectivity index (χ3n) is 5.01. The molecule has 1 N–H and O–H groups in total. The van der Waals surface area contributed by atoms with E-state index in [9.17, 15) is 9.59 Å². The van der Waals surface area contributed by atoms with Crippen LogP contribution in [0.3, 0.4) is 0 Å². The molecule has 1 aliphatic rings. The van der Waals surface area contributed by atoms with Crippen molar-refractivity contribution >= 4 is 34.7 Å². The van der Waals surface area contributed by atoms with Crippen LogP contribution in [-0.4, -0.2) is 37.1 Å². The number of hydrogen-bond acceptors (Lipinski definition) is 6. The summed E-state index contributed by atoms with van der Waals surface area (Å²) in [4.78, 5) is 31.1. The minimum Gasteiger partial charge on any atom is -0.465 e. The molecule has 7 nitrogen and oxygen atoms in total. The van der Waals surface area contributed by atoms with Crippen molar-refractivity contribution in [3.8, 4) is 0 Å². The van der Waals surface area contributed by atoms with E-state index in [0.717, 1.165) is 11.1 Å². The van der Waals surface area contributed by atoms with Gasteiger partial charge in [-0.15, -0.1) is 0 Å². The SMILES string of the molecule is COC(=O)c1ccccc1NC(=O)C1CCN(c2nc3ccccc3o2)CC1. The molecule has 0 saturated carbocycles. The monoisotopic (exact) mass is 379 g/mol. The Morgan fingerprint density at radius 3 is 2.57 bits per heavy atom. The lowest BCUT2D eigenvalue weighted by atomic mass is 9.96. The number of rotatable bonds is 4. The van der Waals surface area contributed by atoms with E-state index in [1.807, 2.05) is 24.3 Å². The van der Waals surface area contributed by atoms with Crippen LogP contribution in [0.15, 0.2) is 52.9 Å². The molecular formula is C21H21N3O4. The first kappa shape index (κ1) is 18.0. The number of fused-ring (bicyclic) bond motifs is 1. The highest BCUT2D eigenvalue weighted by atomic mass is 16.5. The van der Waals surface area contributed by atoms with E-state index in [1.54, 1.807) is 24.3 Å². The Bertz CT molecular complexity index is 973. The van der Waals surface area contributed by atoms with Gasteiger partial charge in [0.1, 0.15) is 5.52 Å². The van der Waals surface area contributed by atoms with E-state index in [2.05, 4.69) is 15.2 Å². The quantitative estimate of drug-likeness (QED) is 0.699. The standard InChI is InChI=1S/C21H21N3O4/c1-27-20(26)15-6-2-3-7-16(15)22-19(25)14-10-12-24(13-11-14)21-23-17-8-4-5-9-18(17)28-21/h2-9,14H,10-13H2,1H3,(H,22,25). The van der Waals surface area contributed by atoms with Gasteiger partial charge >= 0.3 is 5.97 Å². The van der Waals surface area contributed by atoms with Crippen LogP contribution in [0.4, 0.5) is 11.7 Å². The van der Waals surface area contributed by atoms with Crippen molar-refractivity contribution in [1.29, 1.82) is 0 Å². The number of oxazole rings is 1. The van der Waals surface area contributed by atoms with Gasteiger partial charge in [-0.2, -0.15) is 4.98 Å². The summed E-state index contributed by atoms with van der Waals surface area (Å²) in [5.74, 6) is -0.693. The molecule has 3 aromatic rings. The van der Waals surface area contributed by atoms with Gasteiger partial charge in [-0.25, -0.2) is 4.79 Å². The van der Waals surface area contributed by atoms with Crippen LogP contribution >= 0.6 is 0 Å². The zero-order valence-electron chi connectivity index (χ0n) is 15.6. The third-order valence-corrected chi connectivity index (χ3v) is 5.01. The van der Waals surface area contributed by atoms with Crippen LogP contribution in [0.25, 0.3) is 11.1 Å². The van der Waals surface area contributed by atoms with E-state index in [-0.39, 0.29) is 11.8 Å². The number of esters is 1. The molecule has 1 aliphatic heterocycles. The maximum absolute atomic E-state index is 12.7. The number of carbonyl (C=O) groups excluding carboxylic acids is 2. The number of aromatic nitrogens is 1. The number of para-hydroxylation sites is 3. The van der Waals surface area contributed by atoms with Crippen molar-refractivity contribution in [2.45, 2.75) is 12.8 Å². The summed E-state index contributed by atoms with van der Waals surface area (Å²) < 4.78 is 10.6. The van der Waals surface area contributed by atoms with Crippen molar-refractivity contribution in [1.82, 2.24) is 4.98 Å². The third kappa shape index (κ3) is 3.55. The molecule has 7 heteroatoms. The zero-order valence-corrected chi connectivity index (χ0v) is 15.6. The van der Waals surface area contributed by atoms with Crippen molar-refractivity contribution in [3.63, 3.8) is 0 Å². The lowest BCUT2D eigenvalue weighted by Gasteiger charge is -2.30. The number of nitrogens with one attached hydrogen (secondary N) is 1. The first-order chi connectivity index (χ1) is 13.7. The van der Waals surface area contributed by atoms with E-state index < -0.39 is 5.97 Å². The Morgan fingerprint density at radius 2 is 1.82 bits per heavy atom. The van der Waals surface area contributed by atoms with Crippen LogP contribution in [0.1, 0.15) is 23.2 Å². The highest BCUT2D eigenvalue weighted by Gasteiger charge is 2.28. The summed E-state index contributed by atoms with van der Waals surface area (Å²) in [6.45, 7) is 1.37. The predicted octanol–water partition coefficient (Wildman–Crippen LogP) is 3.47. The van der Waals surface area contributed by atoms with Crippen LogP contribution in [-0.2, 0) is 9.53 Å². The molecular weight excluding hydrogens is 358 g/mol. The molecule has 144 valence electrons. The van der Waals surface area contributed by atoms with E-state index in [0.29, 0.717) is 43.2 Å². The maximum Gasteiger partial charge on any atom is 0.339 e. The fourth-order valence-corrected chi connectivity index (χ4v) is 3.44. The van der Waals surface area contributed by atoms with Gasteiger partial charge in [-0.1, -0.05) is 24.3 Å². The number of methoxy groups -OCH3 is 1. The van der Waals surface area contributed by atoms with Crippen LogP contribution in [0.2, 0.25) is 0 Å². The fraction of sp³-hybridized carbons (Fsp3) is 0.286. The summed E-state index contributed by atoms with van der Waals surface area (Å²) in [5.41, 5.74) is 2.41. The molecule has 28 heavy (non-hydrogen) atoms. The number of anilines is 2. The second-order valence-electron chi connectivity index (χ2n) is 6.75. The molecule has 0 bridgehead atoms. The van der Waals surface area contributed by atoms with E-state index >= 15 is 0 Å². The van der Waals surface area contributed by atoms with Gasteiger partial charge in [0.25, 0.3) is 6.01 Å². The van der Waals surface area contributed by atoms with Crippen molar-refractivity contribution < 1.29 is 18.7 Å². The molecule has 1 amide bonds. The Labute approximate surface area is 162 Å². The number of piperidine rings is 1. The molecule has 1 saturated heterocycles. The van der Waals surface area contributed by atoms with Gasteiger partial charge < -0.3 is 19.4 Å². The number of benzene rings is 2. The zero-order chi connectivity index (χ0) is 19.5. The Hall–Kier alpha value is -3.35. The molecule has 4 rings (SSSR count). The van der Waals surface area contributed by atoms with Crippen molar-refractivity contribution in [2.24, 2.45) is 5.92 Å². The second kappa shape index (κ2) is 7.72. The van der Waals surface area contributed by atoms with Crippen LogP contribution in [0, 0.1) is 5.92 Å². The second-order valence-corrected chi connectivity index (χ2v) is 6.75. The van der Waals surface area contributed by atoms with Crippen molar-refractivity contribution in [2.75, 3.05) is 30.4 Å². The van der Waals surface area contributed by atoms with Gasteiger partial charge in [0.2, 0.25) is 5.91 Å². The number of carbonyl (C=O) groups is 2. The van der Waals surface area contributed by atoms with Gasteiger partial charge in [0, 0.05) is 19.0 Å². The normalized spacial score (nSPS) is 14.8. The molecule has 2 aromatic carbocycles. The Morgan fingerprint density at radius 1 is 1.11 bits per heavy atom. The number of hydrogen-bond donors (Lipinski definition) is 1. The summed E-state index contributed by atoms with van der Waals surface area (Å²) in [6.07, 6.45) is 1.37. The number of nitrogens with zero attached hydrogens (tertiary/aromatic N) is 2. The fourth-order valence-electron chi connectivity index (χ4n) is 3.44. The maximum atomic E-state index is 12.7. The lowest BCUT2D eigenvalue weighted by molar-refractivity contribution is -0.120. The van der Waals surface area contributed by atoms with Crippen molar-refractivity contribution in [3.05, 3.63) is 54.1 Å².